The second kappa shape index (κ2) is 7.88. The van der Waals surface area contributed by atoms with Crippen molar-refractivity contribution in [1.29, 1.82) is 0 Å². The molecule has 0 saturated carbocycles. The van der Waals surface area contributed by atoms with Crippen LogP contribution in [0.2, 0.25) is 5.02 Å². The third-order valence-corrected chi connectivity index (χ3v) is 5.78. The van der Waals surface area contributed by atoms with Gasteiger partial charge in [-0.2, -0.15) is 0 Å². The molecule has 1 aromatic carbocycles. The maximum atomic E-state index is 6.08. The molecule has 9 heteroatoms. The Labute approximate surface area is 165 Å². The molecule has 0 aliphatic heterocycles. The van der Waals surface area contributed by atoms with Gasteiger partial charge >= 0.3 is 0 Å². The van der Waals surface area contributed by atoms with Crippen molar-refractivity contribution >= 4 is 67.4 Å². The molecule has 3 aromatic rings. The molecule has 4 nitrogen and oxygen atoms in total. The molecule has 0 aliphatic rings. The first-order valence-electron chi connectivity index (χ1n) is 6.72. The van der Waals surface area contributed by atoms with E-state index >= 15 is 0 Å². The van der Waals surface area contributed by atoms with Gasteiger partial charge in [-0.3, -0.25) is 0 Å². The van der Waals surface area contributed by atoms with E-state index in [0.29, 0.717) is 27.9 Å². The van der Waals surface area contributed by atoms with Gasteiger partial charge in [-0.15, -0.1) is 11.3 Å². The molecule has 0 amide bonds. The monoisotopic (exact) mass is 459 g/mol. The molecule has 0 bridgehead atoms. The van der Waals surface area contributed by atoms with Crippen LogP contribution in [0.4, 0.5) is 0 Å². The number of benzene rings is 1. The zero-order valence-corrected chi connectivity index (χ0v) is 17.2. The molecule has 24 heavy (non-hydrogen) atoms. The van der Waals surface area contributed by atoms with Gasteiger partial charge in [-0.05, 0) is 34.1 Å². The SMILES string of the molecule is COc1ccc(Cl)cc1C(=S)N=c1sc(Br)cn1Cc1cscn1. The number of nitrogens with zero attached hydrogens (tertiary/aromatic N) is 3. The molecule has 0 aliphatic carbocycles. The highest BCUT2D eigenvalue weighted by molar-refractivity contribution is 9.11. The first-order chi connectivity index (χ1) is 11.6. The molecule has 0 atom stereocenters. The van der Waals surface area contributed by atoms with E-state index in [2.05, 4.69) is 25.9 Å². The van der Waals surface area contributed by atoms with Crippen LogP contribution in [0.15, 0.2) is 44.1 Å². The van der Waals surface area contributed by atoms with E-state index in [0.717, 1.165) is 14.3 Å². The van der Waals surface area contributed by atoms with Gasteiger partial charge in [-0.1, -0.05) is 35.2 Å². The lowest BCUT2D eigenvalue weighted by atomic mass is 10.2. The largest absolute Gasteiger partial charge is 0.496 e. The fraction of sp³-hybridized carbons (Fsp3) is 0.133. The molecule has 0 spiro atoms. The minimum Gasteiger partial charge on any atom is -0.496 e. The molecule has 2 aromatic heterocycles. The maximum Gasteiger partial charge on any atom is 0.192 e. The van der Waals surface area contributed by atoms with Crippen molar-refractivity contribution in [1.82, 2.24) is 9.55 Å². The second-order valence-electron chi connectivity index (χ2n) is 4.69. The summed E-state index contributed by atoms with van der Waals surface area (Å²) in [7, 11) is 1.60. The highest BCUT2D eigenvalue weighted by Gasteiger charge is 2.10. The topological polar surface area (TPSA) is 39.4 Å². The molecular weight excluding hydrogens is 450 g/mol. The average molecular weight is 461 g/mol. The fourth-order valence-corrected chi connectivity index (χ4v) is 4.47. The molecule has 124 valence electrons. The van der Waals surface area contributed by atoms with Crippen LogP contribution in [0.1, 0.15) is 11.3 Å². The van der Waals surface area contributed by atoms with E-state index in [1.807, 2.05) is 21.7 Å². The van der Waals surface area contributed by atoms with Crippen LogP contribution >= 0.6 is 62.4 Å². The van der Waals surface area contributed by atoms with E-state index in [4.69, 9.17) is 28.6 Å². The number of halogens is 2. The minimum atomic E-state index is 0.427. The van der Waals surface area contributed by atoms with Crippen molar-refractivity contribution in [3.05, 3.63) is 60.2 Å². The number of methoxy groups -OCH3 is 1. The molecule has 0 N–H and O–H groups in total. The fourth-order valence-electron chi connectivity index (χ4n) is 2.03. The van der Waals surface area contributed by atoms with Gasteiger partial charge in [0.05, 0.1) is 34.2 Å². The zero-order valence-electron chi connectivity index (χ0n) is 12.4. The predicted octanol–water partition coefficient (Wildman–Crippen LogP) is 4.76. The highest BCUT2D eigenvalue weighted by Crippen LogP contribution is 2.24. The van der Waals surface area contributed by atoms with Crippen LogP contribution in [-0.4, -0.2) is 21.6 Å². The standard InChI is InChI=1S/C15H11BrClN3OS3/c1-21-12-3-2-9(17)4-11(12)14(22)19-15-20(6-13(16)24-15)5-10-7-23-8-18-10/h2-4,6-8H,5H2,1H3. The van der Waals surface area contributed by atoms with Crippen LogP contribution < -0.4 is 9.54 Å². The number of thiocarbonyl (C=S) groups is 1. The lowest BCUT2D eigenvalue weighted by molar-refractivity contribution is 0.414. The van der Waals surface area contributed by atoms with Crippen LogP contribution in [0.25, 0.3) is 0 Å². The van der Waals surface area contributed by atoms with Gasteiger partial charge in [-0.25, -0.2) is 9.98 Å². The summed E-state index contributed by atoms with van der Waals surface area (Å²) in [5.41, 5.74) is 3.50. The molecule has 0 unspecified atom stereocenters. The lowest BCUT2D eigenvalue weighted by Gasteiger charge is -2.07. The summed E-state index contributed by atoms with van der Waals surface area (Å²) in [5, 5.41) is 2.60. The number of hydrogen-bond donors (Lipinski definition) is 0. The number of ether oxygens (including phenoxy) is 1. The van der Waals surface area contributed by atoms with E-state index in [9.17, 15) is 0 Å². The van der Waals surface area contributed by atoms with E-state index in [1.54, 1.807) is 36.6 Å². The Bertz CT molecular complexity index is 934. The predicted molar refractivity (Wildman–Crippen MR) is 106 cm³/mol. The Morgan fingerprint density at radius 1 is 1.50 bits per heavy atom. The van der Waals surface area contributed by atoms with Crippen molar-refractivity contribution in [3.63, 3.8) is 0 Å². The smallest absolute Gasteiger partial charge is 0.192 e. The quantitative estimate of drug-likeness (QED) is 0.527. The summed E-state index contributed by atoms with van der Waals surface area (Å²) >= 11 is 18.1. The Morgan fingerprint density at radius 2 is 2.33 bits per heavy atom. The first kappa shape index (κ1) is 17.8. The molecule has 0 radical (unpaired) electrons. The summed E-state index contributed by atoms with van der Waals surface area (Å²) < 4.78 is 8.33. The third kappa shape index (κ3) is 4.12. The van der Waals surface area contributed by atoms with Crippen molar-refractivity contribution < 1.29 is 4.74 Å². The Kier molecular flexibility index (Phi) is 5.83. The normalized spacial score (nSPS) is 11.7. The Morgan fingerprint density at radius 3 is 3.04 bits per heavy atom. The molecule has 0 saturated heterocycles. The maximum absolute atomic E-state index is 6.08. The minimum absolute atomic E-state index is 0.427. The molecule has 2 heterocycles. The summed E-state index contributed by atoms with van der Waals surface area (Å²) in [6, 6.07) is 5.31. The van der Waals surface area contributed by atoms with Gasteiger partial charge < -0.3 is 9.30 Å². The summed E-state index contributed by atoms with van der Waals surface area (Å²) in [4.78, 5) is 10.1. The number of thiazole rings is 2. The highest BCUT2D eigenvalue weighted by atomic mass is 79.9. The van der Waals surface area contributed by atoms with Crippen molar-refractivity contribution in [3.8, 4) is 5.75 Å². The van der Waals surface area contributed by atoms with Crippen LogP contribution in [0.5, 0.6) is 5.75 Å². The average Bonchev–Trinajstić information content (AvgIpc) is 3.18. The molecular formula is C15H11BrClN3OS3. The molecule has 3 rings (SSSR count). The third-order valence-electron chi connectivity index (χ3n) is 3.10. The summed E-state index contributed by atoms with van der Waals surface area (Å²) in [5.74, 6) is 0.648. The van der Waals surface area contributed by atoms with Crippen LogP contribution in [0.3, 0.4) is 0 Å². The van der Waals surface area contributed by atoms with Crippen LogP contribution in [0, 0.1) is 0 Å². The zero-order chi connectivity index (χ0) is 17.1. The van der Waals surface area contributed by atoms with Gasteiger partial charge in [0.1, 0.15) is 10.7 Å². The van der Waals surface area contributed by atoms with E-state index < -0.39 is 0 Å². The number of aromatic nitrogens is 2. The van der Waals surface area contributed by atoms with Crippen molar-refractivity contribution in [2.75, 3.05) is 7.11 Å². The van der Waals surface area contributed by atoms with Gasteiger partial charge in [0.2, 0.25) is 0 Å². The lowest BCUT2D eigenvalue weighted by Crippen LogP contribution is -2.17. The summed E-state index contributed by atoms with van der Waals surface area (Å²) in [6.07, 6.45) is 1.97. The van der Waals surface area contributed by atoms with Crippen LogP contribution in [-0.2, 0) is 6.54 Å². The molecule has 0 fully saturated rings. The van der Waals surface area contributed by atoms with Gasteiger partial charge in [0.15, 0.2) is 4.80 Å². The van der Waals surface area contributed by atoms with Crippen molar-refractivity contribution in [2.45, 2.75) is 6.54 Å². The number of hydrogen-bond acceptors (Lipinski definition) is 5. The van der Waals surface area contributed by atoms with E-state index in [1.165, 1.54) is 11.3 Å². The van der Waals surface area contributed by atoms with Gasteiger partial charge in [0.25, 0.3) is 0 Å². The van der Waals surface area contributed by atoms with Crippen molar-refractivity contribution in [2.24, 2.45) is 4.99 Å². The first-order valence-corrected chi connectivity index (χ1v) is 10.1. The second-order valence-corrected chi connectivity index (χ2v) is 8.62. The number of rotatable bonds is 4. The summed E-state index contributed by atoms with van der Waals surface area (Å²) in [6.45, 7) is 0.639. The van der Waals surface area contributed by atoms with E-state index in [-0.39, 0.29) is 0 Å². The Balaban J connectivity index is 1.99. The van der Waals surface area contributed by atoms with Gasteiger partial charge in [0, 0.05) is 16.6 Å². The Hall–Kier alpha value is -1.06.